The minimum Gasteiger partial charge on any atom is -0.493 e. The number of hydrogen-bond donors (Lipinski definition) is 2. The molecule has 0 aromatic carbocycles. The average Bonchev–Trinajstić information content (AvgIpc) is 2.93. The van der Waals surface area contributed by atoms with E-state index in [0.717, 1.165) is 21.8 Å². The molecule has 2 N–H and O–H groups in total. The van der Waals surface area contributed by atoms with Crippen LogP contribution in [0.15, 0.2) is 17.1 Å². The zero-order valence-corrected chi connectivity index (χ0v) is 15.4. The van der Waals surface area contributed by atoms with Gasteiger partial charge < -0.3 is 19.8 Å². The highest BCUT2D eigenvalue weighted by molar-refractivity contribution is 7.17. The van der Waals surface area contributed by atoms with E-state index in [9.17, 15) is 24.2 Å². The standard InChI is InChI=1S/C16H20FN3O5S/c1-15(2,3)25-14(23)19-5-4-16(24,9(17)7-19)10-8-20-12(22)6-11(21)18-13(20)26-10/h6,8-9,21,24H,4-5,7H2,1-3H3/t9-,16+/m1/s1. The smallest absolute Gasteiger partial charge is 0.410 e. The molecule has 10 heteroatoms. The maximum atomic E-state index is 14.8. The number of amides is 1. The van der Waals surface area contributed by atoms with Crippen molar-refractivity contribution in [2.24, 2.45) is 0 Å². The summed E-state index contributed by atoms with van der Waals surface area (Å²) in [6.45, 7) is 4.93. The first-order chi connectivity index (χ1) is 12.0. The Bertz CT molecular complexity index is 905. The molecule has 2 aromatic rings. The summed E-state index contributed by atoms with van der Waals surface area (Å²) in [5.41, 5.74) is -3.07. The Balaban J connectivity index is 1.85. The van der Waals surface area contributed by atoms with Crippen LogP contribution in [0.1, 0.15) is 32.1 Å². The molecule has 0 radical (unpaired) electrons. The molecule has 8 nitrogen and oxygen atoms in total. The summed E-state index contributed by atoms with van der Waals surface area (Å²) in [5.74, 6) is -0.438. The van der Waals surface area contributed by atoms with E-state index in [4.69, 9.17) is 4.74 Å². The number of ether oxygens (including phenoxy) is 1. The van der Waals surface area contributed by atoms with Gasteiger partial charge >= 0.3 is 6.09 Å². The van der Waals surface area contributed by atoms with Crippen LogP contribution < -0.4 is 5.56 Å². The van der Waals surface area contributed by atoms with Gasteiger partial charge in [-0.25, -0.2) is 9.18 Å². The number of halogens is 1. The lowest BCUT2D eigenvalue weighted by atomic mass is 9.88. The number of thiazole rings is 1. The molecular formula is C16H20FN3O5S. The summed E-state index contributed by atoms with van der Waals surface area (Å²) in [4.78, 5) is 29.4. The summed E-state index contributed by atoms with van der Waals surface area (Å²) in [6.07, 6.45) is -1.13. The summed E-state index contributed by atoms with van der Waals surface area (Å²) in [7, 11) is 0. The van der Waals surface area contributed by atoms with Crippen LogP contribution in [0.25, 0.3) is 4.96 Å². The van der Waals surface area contributed by atoms with Crippen LogP contribution >= 0.6 is 11.3 Å². The second-order valence-electron chi connectivity index (χ2n) is 7.27. The molecule has 0 saturated carbocycles. The fourth-order valence-electron chi connectivity index (χ4n) is 2.76. The molecule has 1 amide bonds. The summed E-state index contributed by atoms with van der Waals surface area (Å²) in [5, 5.41) is 20.3. The van der Waals surface area contributed by atoms with Gasteiger partial charge in [0.15, 0.2) is 11.1 Å². The van der Waals surface area contributed by atoms with Crippen molar-refractivity contribution in [3.63, 3.8) is 0 Å². The molecule has 0 aliphatic carbocycles. The number of carbonyl (C=O) groups is 1. The van der Waals surface area contributed by atoms with E-state index in [-0.39, 0.29) is 29.3 Å². The number of aromatic nitrogens is 2. The largest absolute Gasteiger partial charge is 0.493 e. The van der Waals surface area contributed by atoms with Crippen LogP contribution in [0, 0.1) is 0 Å². The lowest BCUT2D eigenvalue weighted by molar-refractivity contribution is -0.0886. The van der Waals surface area contributed by atoms with Gasteiger partial charge in [0.2, 0.25) is 5.88 Å². The zero-order chi connectivity index (χ0) is 19.3. The molecule has 1 saturated heterocycles. The van der Waals surface area contributed by atoms with Gasteiger partial charge in [0, 0.05) is 19.2 Å². The zero-order valence-electron chi connectivity index (χ0n) is 14.6. The monoisotopic (exact) mass is 385 g/mol. The second-order valence-corrected chi connectivity index (χ2v) is 8.28. The number of piperidine rings is 1. The molecule has 2 atom stereocenters. The van der Waals surface area contributed by atoms with E-state index in [1.54, 1.807) is 20.8 Å². The molecule has 1 aliphatic heterocycles. The Morgan fingerprint density at radius 2 is 2.19 bits per heavy atom. The van der Waals surface area contributed by atoms with Gasteiger partial charge in [-0.2, -0.15) is 4.98 Å². The third-order valence-corrected chi connectivity index (χ3v) is 5.24. The minimum atomic E-state index is -1.85. The summed E-state index contributed by atoms with van der Waals surface area (Å²) < 4.78 is 21.2. The topological polar surface area (TPSA) is 104 Å². The van der Waals surface area contributed by atoms with Gasteiger partial charge in [0.1, 0.15) is 11.2 Å². The molecule has 3 heterocycles. The van der Waals surface area contributed by atoms with Crippen molar-refractivity contribution < 1.29 is 24.1 Å². The predicted molar refractivity (Wildman–Crippen MR) is 92.2 cm³/mol. The van der Waals surface area contributed by atoms with Gasteiger partial charge in [-0.15, -0.1) is 0 Å². The number of fused-ring (bicyclic) bond motifs is 1. The third kappa shape index (κ3) is 3.38. The number of rotatable bonds is 1. The molecular weight excluding hydrogens is 365 g/mol. The molecule has 0 bridgehead atoms. The van der Waals surface area contributed by atoms with Crippen molar-refractivity contribution >= 4 is 22.4 Å². The number of nitrogens with zero attached hydrogens (tertiary/aromatic N) is 3. The molecule has 26 heavy (non-hydrogen) atoms. The van der Waals surface area contributed by atoms with E-state index in [2.05, 4.69) is 4.98 Å². The molecule has 0 unspecified atom stereocenters. The average molecular weight is 385 g/mol. The molecule has 0 spiro atoms. The number of alkyl halides is 1. The minimum absolute atomic E-state index is 0.0546. The van der Waals surface area contributed by atoms with Crippen molar-refractivity contribution in [1.82, 2.24) is 14.3 Å². The van der Waals surface area contributed by atoms with Crippen molar-refractivity contribution in [1.29, 1.82) is 0 Å². The number of aromatic hydroxyl groups is 1. The van der Waals surface area contributed by atoms with Crippen molar-refractivity contribution in [3.05, 3.63) is 27.5 Å². The van der Waals surface area contributed by atoms with Crippen molar-refractivity contribution in [2.75, 3.05) is 13.1 Å². The quantitative estimate of drug-likeness (QED) is 0.773. The van der Waals surface area contributed by atoms with Gasteiger partial charge in [-0.1, -0.05) is 11.3 Å². The first kappa shape index (κ1) is 18.6. The Kier molecular flexibility index (Phi) is 4.43. The number of aliphatic hydroxyl groups is 1. The Morgan fingerprint density at radius 1 is 1.50 bits per heavy atom. The third-order valence-electron chi connectivity index (χ3n) is 4.09. The maximum Gasteiger partial charge on any atom is 0.410 e. The van der Waals surface area contributed by atoms with E-state index in [1.165, 1.54) is 11.1 Å². The Morgan fingerprint density at radius 3 is 2.81 bits per heavy atom. The summed E-state index contributed by atoms with van der Waals surface area (Å²) in [6, 6.07) is 0.936. The number of hydrogen-bond acceptors (Lipinski definition) is 7. The van der Waals surface area contributed by atoms with Crippen LogP contribution in [0.3, 0.4) is 0 Å². The highest BCUT2D eigenvalue weighted by Crippen LogP contribution is 2.38. The summed E-state index contributed by atoms with van der Waals surface area (Å²) >= 11 is 0.922. The van der Waals surface area contributed by atoms with Gasteiger partial charge in [-0.3, -0.25) is 9.20 Å². The SMILES string of the molecule is CC(C)(C)OC(=O)N1CC[C@@](O)(c2cn3c(=O)cc(O)nc3s2)[C@H](F)C1. The van der Waals surface area contributed by atoms with Crippen LogP contribution in [0.2, 0.25) is 0 Å². The second kappa shape index (κ2) is 6.20. The van der Waals surface area contributed by atoms with Crippen molar-refractivity contribution in [2.45, 2.75) is 44.6 Å². The van der Waals surface area contributed by atoms with E-state index in [1.807, 2.05) is 0 Å². The normalized spacial score (nSPS) is 24.0. The van der Waals surface area contributed by atoms with Gasteiger partial charge in [0.05, 0.1) is 17.5 Å². The lowest BCUT2D eigenvalue weighted by Crippen LogP contribution is -2.53. The lowest BCUT2D eigenvalue weighted by Gasteiger charge is -2.40. The number of likely N-dealkylation sites (tertiary alicyclic amines) is 1. The molecule has 2 aromatic heterocycles. The predicted octanol–water partition coefficient (Wildman–Crippen LogP) is 1.63. The van der Waals surface area contributed by atoms with Crippen LogP contribution in [-0.4, -0.2) is 55.5 Å². The van der Waals surface area contributed by atoms with Crippen LogP contribution in [0.4, 0.5) is 9.18 Å². The fourth-order valence-corrected chi connectivity index (χ4v) is 3.90. The van der Waals surface area contributed by atoms with E-state index in [0.29, 0.717) is 0 Å². The fraction of sp³-hybridized carbons (Fsp3) is 0.562. The Hall–Kier alpha value is -2.20. The van der Waals surface area contributed by atoms with Crippen LogP contribution in [-0.2, 0) is 10.3 Å². The number of carbonyl (C=O) groups excluding carboxylic acids is 1. The van der Waals surface area contributed by atoms with E-state index < -0.39 is 34.9 Å². The molecule has 3 rings (SSSR count). The maximum absolute atomic E-state index is 14.8. The molecule has 1 aliphatic rings. The van der Waals surface area contributed by atoms with Gasteiger partial charge in [-0.05, 0) is 20.8 Å². The highest BCUT2D eigenvalue weighted by Gasteiger charge is 2.46. The van der Waals surface area contributed by atoms with Gasteiger partial charge in [0.25, 0.3) is 5.56 Å². The highest BCUT2D eigenvalue weighted by atomic mass is 32.1. The van der Waals surface area contributed by atoms with Crippen LogP contribution in [0.5, 0.6) is 5.88 Å². The molecule has 142 valence electrons. The first-order valence-corrected chi connectivity index (χ1v) is 8.88. The first-order valence-electron chi connectivity index (χ1n) is 8.07. The Labute approximate surface area is 152 Å². The molecule has 1 fully saturated rings. The van der Waals surface area contributed by atoms with Crippen molar-refractivity contribution in [3.8, 4) is 5.88 Å². The van der Waals surface area contributed by atoms with E-state index >= 15 is 0 Å².